The first kappa shape index (κ1) is 14.3. The number of aromatic nitrogens is 5. The van der Waals surface area contributed by atoms with Gasteiger partial charge >= 0.3 is 5.69 Å². The second-order valence-corrected chi connectivity index (χ2v) is 5.78. The van der Waals surface area contributed by atoms with Crippen LogP contribution in [0.4, 0.5) is 0 Å². The Morgan fingerprint density at radius 3 is 2.38 bits per heavy atom. The van der Waals surface area contributed by atoms with Gasteiger partial charge in [-0.15, -0.1) is 0 Å². The fourth-order valence-electron chi connectivity index (χ4n) is 3.01. The van der Waals surface area contributed by atoms with Gasteiger partial charge < -0.3 is 5.11 Å². The number of rotatable bonds is 1. The molecule has 0 aliphatic carbocycles. The van der Waals surface area contributed by atoms with E-state index >= 15 is 0 Å². The summed E-state index contributed by atoms with van der Waals surface area (Å²) >= 11 is 0. The van der Waals surface area contributed by atoms with Gasteiger partial charge in [0.2, 0.25) is 5.78 Å². The molecule has 0 radical (unpaired) electrons. The molecule has 4 aromatic rings. The number of hydrogen-bond acceptors (Lipinski definition) is 4. The summed E-state index contributed by atoms with van der Waals surface area (Å²) in [7, 11) is 3.04. The molecule has 0 aliphatic heterocycles. The monoisotopic (exact) mass is 325 g/mol. The highest BCUT2D eigenvalue weighted by Gasteiger charge is 2.19. The molecule has 4 rings (SSSR count). The Kier molecular flexibility index (Phi) is 2.75. The van der Waals surface area contributed by atoms with Crippen LogP contribution in [0.5, 0.6) is 5.75 Å². The van der Waals surface area contributed by atoms with Gasteiger partial charge in [-0.1, -0.05) is 0 Å². The van der Waals surface area contributed by atoms with Gasteiger partial charge in [0.05, 0.1) is 0 Å². The van der Waals surface area contributed by atoms with Crippen LogP contribution in [0, 0.1) is 6.92 Å². The lowest BCUT2D eigenvalue weighted by Crippen LogP contribution is -2.37. The molecule has 0 spiro atoms. The third-order valence-corrected chi connectivity index (χ3v) is 4.25. The van der Waals surface area contributed by atoms with Crippen molar-refractivity contribution in [2.24, 2.45) is 14.1 Å². The van der Waals surface area contributed by atoms with E-state index in [2.05, 4.69) is 4.98 Å². The van der Waals surface area contributed by atoms with Crippen molar-refractivity contribution >= 4 is 16.9 Å². The number of phenolic OH excluding ortho intramolecular Hbond substituents is 1. The molecule has 0 atom stereocenters. The maximum Gasteiger partial charge on any atom is 0.332 e. The minimum absolute atomic E-state index is 0.171. The number of nitrogens with zero attached hydrogens (tertiary/aromatic N) is 5. The molecule has 3 heterocycles. The van der Waals surface area contributed by atoms with Crippen molar-refractivity contribution in [1.29, 1.82) is 0 Å². The molecule has 122 valence electrons. The molecule has 0 bridgehead atoms. The van der Waals surface area contributed by atoms with Gasteiger partial charge in [-0.05, 0) is 31.2 Å². The number of imidazole rings is 2. The summed E-state index contributed by atoms with van der Waals surface area (Å²) in [5.41, 5.74) is 1.57. The second kappa shape index (κ2) is 4.60. The van der Waals surface area contributed by atoms with Crippen LogP contribution in [0.2, 0.25) is 0 Å². The molecular weight excluding hydrogens is 310 g/mol. The molecular formula is C16H15N5O3. The molecule has 0 unspecified atom stereocenters. The van der Waals surface area contributed by atoms with E-state index in [-0.39, 0.29) is 11.3 Å². The molecule has 8 nitrogen and oxygen atoms in total. The second-order valence-electron chi connectivity index (χ2n) is 5.78. The van der Waals surface area contributed by atoms with Gasteiger partial charge in [0.1, 0.15) is 5.75 Å². The van der Waals surface area contributed by atoms with Crippen molar-refractivity contribution in [1.82, 2.24) is 23.1 Å². The number of benzene rings is 1. The first-order chi connectivity index (χ1) is 11.4. The number of phenols is 1. The van der Waals surface area contributed by atoms with Gasteiger partial charge in [0, 0.05) is 31.7 Å². The molecule has 0 fully saturated rings. The van der Waals surface area contributed by atoms with Crippen molar-refractivity contribution in [3.05, 3.63) is 57.0 Å². The van der Waals surface area contributed by atoms with Crippen LogP contribution in [0.15, 0.2) is 40.1 Å². The standard InChI is InChI=1S/C16H15N5O3/c1-9-8-20-12-13(18(2)16(24)19(3)14(12)23)17-15(20)21(9)10-4-6-11(22)7-5-10/h4-8,22H,1-3H3. The van der Waals surface area contributed by atoms with E-state index in [9.17, 15) is 14.7 Å². The van der Waals surface area contributed by atoms with Crippen molar-refractivity contribution in [2.45, 2.75) is 6.92 Å². The average molecular weight is 325 g/mol. The number of aryl methyl sites for hydroxylation is 2. The fourth-order valence-corrected chi connectivity index (χ4v) is 3.01. The Hall–Kier alpha value is -3.29. The zero-order valence-electron chi connectivity index (χ0n) is 13.4. The smallest absolute Gasteiger partial charge is 0.332 e. The Morgan fingerprint density at radius 2 is 1.71 bits per heavy atom. The third-order valence-electron chi connectivity index (χ3n) is 4.25. The largest absolute Gasteiger partial charge is 0.508 e. The predicted octanol–water partition coefficient (Wildman–Crippen LogP) is 0.690. The molecule has 3 aromatic heterocycles. The first-order valence-corrected chi connectivity index (χ1v) is 7.35. The number of hydrogen-bond donors (Lipinski definition) is 1. The summed E-state index contributed by atoms with van der Waals surface area (Å²) in [6.07, 6.45) is 1.81. The first-order valence-electron chi connectivity index (χ1n) is 7.35. The molecule has 24 heavy (non-hydrogen) atoms. The zero-order valence-corrected chi connectivity index (χ0v) is 13.4. The molecule has 1 N–H and O–H groups in total. The van der Waals surface area contributed by atoms with Gasteiger partial charge in [0.25, 0.3) is 5.56 Å². The highest BCUT2D eigenvalue weighted by molar-refractivity contribution is 5.76. The van der Waals surface area contributed by atoms with E-state index in [0.717, 1.165) is 15.9 Å². The van der Waals surface area contributed by atoms with Crippen molar-refractivity contribution in [2.75, 3.05) is 0 Å². The summed E-state index contributed by atoms with van der Waals surface area (Å²) in [6.45, 7) is 1.90. The summed E-state index contributed by atoms with van der Waals surface area (Å²) in [5.74, 6) is 0.704. The highest BCUT2D eigenvalue weighted by atomic mass is 16.3. The summed E-state index contributed by atoms with van der Waals surface area (Å²) in [4.78, 5) is 29.1. The third kappa shape index (κ3) is 1.70. The maximum atomic E-state index is 12.5. The van der Waals surface area contributed by atoms with E-state index < -0.39 is 5.69 Å². The van der Waals surface area contributed by atoms with Gasteiger partial charge in [-0.25, -0.2) is 4.79 Å². The molecule has 0 saturated carbocycles. The molecule has 0 saturated heterocycles. The SMILES string of the molecule is Cc1cn2c3c(=O)n(C)c(=O)n(C)c3nc2n1-c1ccc(O)cc1. The van der Waals surface area contributed by atoms with E-state index in [0.29, 0.717) is 16.9 Å². The topological polar surface area (TPSA) is 86.5 Å². The van der Waals surface area contributed by atoms with Crippen LogP contribution in [0.3, 0.4) is 0 Å². The number of aromatic hydroxyl groups is 1. The minimum atomic E-state index is -0.416. The highest BCUT2D eigenvalue weighted by Crippen LogP contribution is 2.22. The lowest BCUT2D eigenvalue weighted by atomic mass is 10.3. The van der Waals surface area contributed by atoms with Crippen molar-refractivity contribution in [3.63, 3.8) is 0 Å². The van der Waals surface area contributed by atoms with Crippen molar-refractivity contribution in [3.8, 4) is 11.4 Å². The Bertz CT molecular complexity index is 1220. The van der Waals surface area contributed by atoms with Gasteiger partial charge in [-0.3, -0.25) is 22.9 Å². The van der Waals surface area contributed by atoms with Crippen LogP contribution < -0.4 is 11.2 Å². The van der Waals surface area contributed by atoms with Crippen LogP contribution >= 0.6 is 0 Å². The van der Waals surface area contributed by atoms with E-state index in [1.807, 2.05) is 17.7 Å². The summed E-state index contributed by atoms with van der Waals surface area (Å²) in [6, 6.07) is 6.70. The van der Waals surface area contributed by atoms with Crippen LogP contribution in [0.25, 0.3) is 22.6 Å². The maximum absolute atomic E-state index is 12.5. The van der Waals surface area contributed by atoms with E-state index in [4.69, 9.17) is 0 Å². The average Bonchev–Trinajstić information content (AvgIpc) is 3.06. The Balaban J connectivity index is 2.19. The molecule has 8 heteroatoms. The summed E-state index contributed by atoms with van der Waals surface area (Å²) < 4.78 is 5.99. The lowest BCUT2D eigenvalue weighted by molar-refractivity contribution is 0.475. The molecule has 1 aromatic carbocycles. The number of fused-ring (bicyclic) bond motifs is 3. The predicted molar refractivity (Wildman–Crippen MR) is 88.9 cm³/mol. The minimum Gasteiger partial charge on any atom is -0.508 e. The fraction of sp³-hybridized carbons (Fsp3) is 0.188. The van der Waals surface area contributed by atoms with Crippen molar-refractivity contribution < 1.29 is 5.11 Å². The van der Waals surface area contributed by atoms with E-state index in [1.54, 1.807) is 35.7 Å². The van der Waals surface area contributed by atoms with Crippen LogP contribution in [-0.2, 0) is 14.1 Å². The Morgan fingerprint density at radius 1 is 1.04 bits per heavy atom. The molecule has 0 amide bonds. The quantitative estimate of drug-likeness (QED) is 0.558. The Labute approximate surface area is 135 Å². The molecule has 0 aliphatic rings. The zero-order chi connectivity index (χ0) is 17.2. The van der Waals surface area contributed by atoms with E-state index in [1.165, 1.54) is 11.6 Å². The van der Waals surface area contributed by atoms with Crippen LogP contribution in [-0.4, -0.2) is 28.2 Å². The van der Waals surface area contributed by atoms with Gasteiger partial charge in [0.15, 0.2) is 11.2 Å². The summed E-state index contributed by atoms with van der Waals surface area (Å²) in [5, 5.41) is 9.47. The van der Waals surface area contributed by atoms with Crippen LogP contribution in [0.1, 0.15) is 5.69 Å². The lowest BCUT2D eigenvalue weighted by Gasteiger charge is -2.05. The normalized spacial score (nSPS) is 11.6. The van der Waals surface area contributed by atoms with Gasteiger partial charge in [-0.2, -0.15) is 4.98 Å².